The third-order valence-corrected chi connectivity index (χ3v) is 3.12. The molecule has 0 unspecified atom stereocenters. The Balaban J connectivity index is 2.59. The van der Waals surface area contributed by atoms with E-state index in [9.17, 15) is 4.79 Å². The van der Waals surface area contributed by atoms with Crippen LogP contribution in [0.4, 0.5) is 0 Å². The molecule has 76 valence electrons. The molecule has 0 aliphatic rings. The predicted octanol–water partition coefficient (Wildman–Crippen LogP) is 2.22. The molecule has 2 aromatic heterocycles. The number of hydrogen-bond donors (Lipinski definition) is 1. The molecular weight excluding hydrogens is 208 g/mol. The first-order valence-electron chi connectivity index (χ1n) is 4.49. The highest BCUT2D eigenvalue weighted by atomic mass is 32.1. The van der Waals surface area contributed by atoms with Crippen LogP contribution in [0.2, 0.25) is 0 Å². The zero-order chi connectivity index (χ0) is 10.8. The summed E-state index contributed by atoms with van der Waals surface area (Å²) in [6.07, 6.45) is 1.73. The largest absolute Gasteiger partial charge is 0.365 e. The van der Waals surface area contributed by atoms with E-state index in [0.29, 0.717) is 4.88 Å². The van der Waals surface area contributed by atoms with E-state index in [1.165, 1.54) is 11.3 Å². The van der Waals surface area contributed by atoms with Gasteiger partial charge in [-0.3, -0.25) is 9.78 Å². The Morgan fingerprint density at radius 1 is 1.40 bits per heavy atom. The van der Waals surface area contributed by atoms with E-state index in [1.807, 2.05) is 30.5 Å². The van der Waals surface area contributed by atoms with Crippen molar-refractivity contribution >= 4 is 17.2 Å². The number of thiophene rings is 1. The van der Waals surface area contributed by atoms with Crippen LogP contribution in [0.3, 0.4) is 0 Å². The summed E-state index contributed by atoms with van der Waals surface area (Å²) in [5.41, 5.74) is 8.04. The standard InChI is InChI=1S/C11H10N2OS/c1-7-8(3-2-5-13-7)9-4-6-15-10(9)11(12)14/h2-6H,1H3,(H2,12,14). The summed E-state index contributed by atoms with van der Waals surface area (Å²) in [6, 6.07) is 5.69. The van der Waals surface area contributed by atoms with Crippen molar-refractivity contribution in [3.05, 3.63) is 40.3 Å². The summed E-state index contributed by atoms with van der Waals surface area (Å²) in [6.45, 7) is 1.91. The topological polar surface area (TPSA) is 56.0 Å². The van der Waals surface area contributed by atoms with Crippen LogP contribution in [0.25, 0.3) is 11.1 Å². The predicted molar refractivity (Wildman–Crippen MR) is 60.8 cm³/mol. The molecule has 2 N–H and O–H groups in total. The zero-order valence-electron chi connectivity index (χ0n) is 8.23. The van der Waals surface area contributed by atoms with Gasteiger partial charge in [0.15, 0.2) is 0 Å². The van der Waals surface area contributed by atoms with Crippen LogP contribution in [-0.2, 0) is 0 Å². The van der Waals surface area contributed by atoms with E-state index < -0.39 is 0 Å². The number of aromatic nitrogens is 1. The first kappa shape index (κ1) is 9.86. The third kappa shape index (κ3) is 1.76. The van der Waals surface area contributed by atoms with Crippen molar-refractivity contribution in [3.8, 4) is 11.1 Å². The lowest BCUT2D eigenvalue weighted by Gasteiger charge is -2.03. The van der Waals surface area contributed by atoms with Crippen molar-refractivity contribution in [3.63, 3.8) is 0 Å². The fourth-order valence-corrected chi connectivity index (χ4v) is 2.24. The van der Waals surface area contributed by atoms with Gasteiger partial charge in [0.2, 0.25) is 0 Å². The van der Waals surface area contributed by atoms with Gasteiger partial charge in [-0.2, -0.15) is 0 Å². The number of primary amides is 1. The number of carbonyl (C=O) groups excluding carboxylic acids is 1. The van der Waals surface area contributed by atoms with E-state index in [2.05, 4.69) is 4.98 Å². The Hall–Kier alpha value is -1.68. The number of rotatable bonds is 2. The second-order valence-electron chi connectivity index (χ2n) is 3.16. The molecule has 4 heteroatoms. The van der Waals surface area contributed by atoms with Crippen molar-refractivity contribution in [1.29, 1.82) is 0 Å². The van der Waals surface area contributed by atoms with E-state index in [4.69, 9.17) is 5.73 Å². The number of amides is 1. The lowest BCUT2D eigenvalue weighted by Crippen LogP contribution is -2.10. The van der Waals surface area contributed by atoms with E-state index >= 15 is 0 Å². The molecule has 2 aromatic rings. The van der Waals surface area contributed by atoms with Crippen molar-refractivity contribution in [2.45, 2.75) is 6.92 Å². The molecule has 0 spiro atoms. The minimum absolute atomic E-state index is 0.386. The first-order chi connectivity index (χ1) is 7.20. The van der Waals surface area contributed by atoms with Gasteiger partial charge in [0.25, 0.3) is 5.91 Å². The van der Waals surface area contributed by atoms with Gasteiger partial charge in [-0.15, -0.1) is 11.3 Å². The van der Waals surface area contributed by atoms with Crippen LogP contribution in [0.1, 0.15) is 15.4 Å². The smallest absolute Gasteiger partial charge is 0.259 e. The van der Waals surface area contributed by atoms with Gasteiger partial charge < -0.3 is 5.73 Å². The molecule has 15 heavy (non-hydrogen) atoms. The van der Waals surface area contributed by atoms with Gasteiger partial charge in [-0.25, -0.2) is 0 Å². The normalized spacial score (nSPS) is 10.2. The van der Waals surface area contributed by atoms with E-state index in [1.54, 1.807) is 6.20 Å². The number of nitrogens with zero attached hydrogens (tertiary/aromatic N) is 1. The molecule has 1 amide bonds. The number of carbonyl (C=O) groups is 1. The molecule has 3 nitrogen and oxygen atoms in total. The second kappa shape index (κ2) is 3.82. The monoisotopic (exact) mass is 218 g/mol. The number of aryl methyl sites for hydroxylation is 1. The van der Waals surface area contributed by atoms with Crippen molar-refractivity contribution in [1.82, 2.24) is 4.98 Å². The average Bonchev–Trinajstić information content (AvgIpc) is 2.67. The van der Waals surface area contributed by atoms with Crippen LogP contribution in [0, 0.1) is 6.92 Å². The molecule has 2 rings (SSSR count). The Bertz CT molecular complexity index is 505. The maximum Gasteiger partial charge on any atom is 0.259 e. The molecule has 0 bridgehead atoms. The minimum atomic E-state index is -0.386. The fourth-order valence-electron chi connectivity index (χ4n) is 1.48. The zero-order valence-corrected chi connectivity index (χ0v) is 9.04. The molecule has 0 radical (unpaired) electrons. The highest BCUT2D eigenvalue weighted by molar-refractivity contribution is 7.12. The third-order valence-electron chi connectivity index (χ3n) is 2.19. The summed E-state index contributed by atoms with van der Waals surface area (Å²) in [4.78, 5) is 16.0. The molecule has 0 saturated carbocycles. The molecule has 0 atom stereocenters. The van der Waals surface area contributed by atoms with Gasteiger partial charge in [-0.05, 0) is 24.4 Å². The van der Waals surface area contributed by atoms with Crippen LogP contribution < -0.4 is 5.73 Å². The number of pyridine rings is 1. The van der Waals surface area contributed by atoms with Gasteiger partial charge in [0, 0.05) is 23.0 Å². The Labute approximate surface area is 91.6 Å². The van der Waals surface area contributed by atoms with Crippen LogP contribution in [0.5, 0.6) is 0 Å². The van der Waals surface area contributed by atoms with Crippen molar-refractivity contribution < 1.29 is 4.79 Å². The highest BCUT2D eigenvalue weighted by Crippen LogP contribution is 2.29. The summed E-state index contributed by atoms with van der Waals surface area (Å²) >= 11 is 1.36. The maximum atomic E-state index is 11.2. The molecule has 0 aliphatic heterocycles. The summed E-state index contributed by atoms with van der Waals surface area (Å²) in [5, 5.41) is 1.86. The van der Waals surface area contributed by atoms with Crippen LogP contribution in [0.15, 0.2) is 29.8 Å². The summed E-state index contributed by atoms with van der Waals surface area (Å²) in [7, 11) is 0. The van der Waals surface area contributed by atoms with Crippen LogP contribution >= 0.6 is 11.3 Å². The fraction of sp³-hybridized carbons (Fsp3) is 0.0909. The van der Waals surface area contributed by atoms with E-state index in [0.717, 1.165) is 16.8 Å². The quantitative estimate of drug-likeness (QED) is 0.840. The summed E-state index contributed by atoms with van der Waals surface area (Å²) < 4.78 is 0. The number of nitrogens with two attached hydrogens (primary N) is 1. The van der Waals surface area contributed by atoms with Crippen molar-refractivity contribution in [2.75, 3.05) is 0 Å². The molecule has 0 saturated heterocycles. The lowest BCUT2D eigenvalue weighted by atomic mass is 10.1. The molecule has 2 heterocycles. The first-order valence-corrected chi connectivity index (χ1v) is 5.37. The lowest BCUT2D eigenvalue weighted by molar-refractivity contribution is 0.100. The molecule has 0 aromatic carbocycles. The second-order valence-corrected chi connectivity index (χ2v) is 4.08. The van der Waals surface area contributed by atoms with Crippen molar-refractivity contribution in [2.24, 2.45) is 5.73 Å². The Kier molecular flexibility index (Phi) is 2.51. The highest BCUT2D eigenvalue weighted by Gasteiger charge is 2.13. The molecular formula is C11H10N2OS. The molecule has 0 aliphatic carbocycles. The van der Waals surface area contributed by atoms with Gasteiger partial charge in [0.05, 0.1) is 4.88 Å². The average molecular weight is 218 g/mol. The molecule has 0 fully saturated rings. The summed E-state index contributed by atoms with van der Waals surface area (Å²) in [5.74, 6) is -0.386. The Morgan fingerprint density at radius 2 is 2.20 bits per heavy atom. The van der Waals surface area contributed by atoms with Gasteiger partial charge in [0.1, 0.15) is 0 Å². The minimum Gasteiger partial charge on any atom is -0.365 e. The van der Waals surface area contributed by atoms with E-state index in [-0.39, 0.29) is 5.91 Å². The Morgan fingerprint density at radius 3 is 2.87 bits per heavy atom. The number of hydrogen-bond acceptors (Lipinski definition) is 3. The van der Waals surface area contributed by atoms with Crippen LogP contribution in [-0.4, -0.2) is 10.9 Å². The van der Waals surface area contributed by atoms with Gasteiger partial charge in [-0.1, -0.05) is 6.07 Å². The maximum absolute atomic E-state index is 11.2. The van der Waals surface area contributed by atoms with Gasteiger partial charge >= 0.3 is 0 Å². The SMILES string of the molecule is Cc1ncccc1-c1ccsc1C(N)=O.